The summed E-state index contributed by atoms with van der Waals surface area (Å²) >= 11 is 2.79. The average Bonchev–Trinajstić information content (AvgIpc) is 3.76. The number of ether oxygens (including phenoxy) is 1. The lowest BCUT2D eigenvalue weighted by Gasteiger charge is -2.12. The van der Waals surface area contributed by atoms with Gasteiger partial charge >= 0.3 is 5.97 Å². The summed E-state index contributed by atoms with van der Waals surface area (Å²) in [6.07, 6.45) is 5.27. The highest BCUT2D eigenvalue weighted by Gasteiger charge is 2.27. The molecule has 0 unspecified atom stereocenters. The van der Waals surface area contributed by atoms with Crippen molar-refractivity contribution in [2.75, 3.05) is 23.0 Å². The van der Waals surface area contributed by atoms with Crippen molar-refractivity contribution in [3.63, 3.8) is 0 Å². The molecule has 11 heteroatoms. The van der Waals surface area contributed by atoms with E-state index in [1.54, 1.807) is 73.7 Å². The van der Waals surface area contributed by atoms with E-state index < -0.39 is 17.8 Å². The van der Waals surface area contributed by atoms with Gasteiger partial charge in [-0.15, -0.1) is 23.1 Å². The molecule has 0 saturated carbocycles. The lowest BCUT2D eigenvalue weighted by Crippen LogP contribution is -2.30. The first-order valence-electron chi connectivity index (χ1n) is 16.3. The van der Waals surface area contributed by atoms with E-state index in [-0.39, 0.29) is 24.0 Å². The smallest absolute Gasteiger partial charge is 0.341 e. The molecule has 0 aliphatic heterocycles. The Balaban J connectivity index is 1.11. The summed E-state index contributed by atoms with van der Waals surface area (Å²) < 4.78 is 11.3. The van der Waals surface area contributed by atoms with Crippen molar-refractivity contribution in [2.45, 2.75) is 37.5 Å². The van der Waals surface area contributed by atoms with E-state index in [2.05, 4.69) is 16.0 Å². The minimum atomic E-state index is -0.539. The molecule has 6 rings (SSSR count). The molecule has 0 saturated heterocycles. The van der Waals surface area contributed by atoms with Crippen LogP contribution in [0.25, 0.3) is 17.4 Å². The van der Waals surface area contributed by atoms with E-state index >= 15 is 0 Å². The first-order valence-corrected chi connectivity index (χ1v) is 18.1. The van der Waals surface area contributed by atoms with Gasteiger partial charge in [0.25, 0.3) is 11.8 Å². The van der Waals surface area contributed by atoms with Gasteiger partial charge in [0.05, 0.1) is 17.9 Å². The number of carbonyl (C=O) groups is 4. The largest absolute Gasteiger partial charge is 0.462 e. The Morgan fingerprint density at radius 2 is 1.58 bits per heavy atom. The number of benzene rings is 3. The molecule has 5 aromatic rings. The predicted molar refractivity (Wildman–Crippen MR) is 197 cm³/mol. The Morgan fingerprint density at radius 3 is 2.32 bits per heavy atom. The van der Waals surface area contributed by atoms with Crippen molar-refractivity contribution in [2.24, 2.45) is 0 Å². The second kappa shape index (κ2) is 16.3. The third-order valence-corrected chi connectivity index (χ3v) is 10.1. The van der Waals surface area contributed by atoms with Crippen molar-refractivity contribution in [1.29, 1.82) is 0 Å². The predicted octanol–water partition coefficient (Wildman–Crippen LogP) is 8.20. The molecule has 3 N–H and O–H groups in total. The Bertz CT molecular complexity index is 2020. The Labute approximate surface area is 298 Å². The highest BCUT2D eigenvalue weighted by molar-refractivity contribution is 8.00. The minimum Gasteiger partial charge on any atom is -0.462 e. The maximum Gasteiger partial charge on any atom is 0.341 e. The molecule has 9 nitrogen and oxygen atoms in total. The standard InChI is InChI=1S/C39H35N3O6S2/c1-2-47-39(46)35-30-15-9-10-16-33(30)50-38(35)42-34(43)24-49-29-20-17-27(18-21-29)40-37(45)31(41-36(44)26-13-7-4-8-14-26)23-28-19-22-32(48-28)25-11-5-3-6-12-25/h3-8,11-14,17-23H,2,9-10,15-16,24H2,1H3,(H,40,45)(H,41,44)(H,42,43)/b31-23+. The van der Waals surface area contributed by atoms with Crippen LogP contribution in [0, 0.1) is 0 Å². The number of amides is 3. The van der Waals surface area contributed by atoms with Gasteiger partial charge in [0.2, 0.25) is 5.91 Å². The number of thiophene rings is 1. The van der Waals surface area contributed by atoms with Gasteiger partial charge in [-0.1, -0.05) is 48.5 Å². The quantitative estimate of drug-likeness (QED) is 0.0679. The van der Waals surface area contributed by atoms with Crippen LogP contribution in [0.15, 0.2) is 112 Å². The molecule has 0 radical (unpaired) electrons. The van der Waals surface area contributed by atoms with Gasteiger partial charge in [0.15, 0.2) is 0 Å². The molecule has 0 spiro atoms. The van der Waals surface area contributed by atoms with Gasteiger partial charge in [-0.3, -0.25) is 14.4 Å². The third kappa shape index (κ3) is 8.60. The number of hydrogen-bond acceptors (Lipinski definition) is 8. The van der Waals surface area contributed by atoms with Crippen molar-refractivity contribution in [3.8, 4) is 11.3 Å². The molecule has 1 aliphatic rings. The summed E-state index contributed by atoms with van der Waals surface area (Å²) in [5.74, 6) is -0.457. The number of furan rings is 1. The molecule has 3 amide bonds. The molecule has 2 heterocycles. The van der Waals surface area contributed by atoms with E-state index in [9.17, 15) is 19.2 Å². The van der Waals surface area contributed by atoms with E-state index in [0.29, 0.717) is 33.3 Å². The monoisotopic (exact) mass is 705 g/mol. The van der Waals surface area contributed by atoms with Gasteiger partial charge in [-0.25, -0.2) is 4.79 Å². The van der Waals surface area contributed by atoms with Crippen LogP contribution in [0.4, 0.5) is 10.7 Å². The van der Waals surface area contributed by atoms with Crippen LogP contribution in [0.3, 0.4) is 0 Å². The summed E-state index contributed by atoms with van der Waals surface area (Å²) in [5.41, 5.74) is 3.27. The Morgan fingerprint density at radius 1 is 0.860 bits per heavy atom. The topological polar surface area (TPSA) is 127 Å². The fourth-order valence-electron chi connectivity index (χ4n) is 5.49. The number of thioether (sulfide) groups is 1. The van der Waals surface area contributed by atoms with Gasteiger partial charge in [-0.05, 0) is 86.7 Å². The van der Waals surface area contributed by atoms with E-state index in [4.69, 9.17) is 9.15 Å². The Kier molecular flexibility index (Phi) is 11.3. The second-order valence-corrected chi connectivity index (χ2v) is 13.6. The van der Waals surface area contributed by atoms with Crippen LogP contribution in [0.2, 0.25) is 0 Å². The number of carbonyl (C=O) groups excluding carboxylic acids is 4. The molecule has 3 aromatic carbocycles. The number of fused-ring (bicyclic) bond motifs is 1. The second-order valence-electron chi connectivity index (χ2n) is 11.4. The molecule has 0 bridgehead atoms. The van der Waals surface area contributed by atoms with Crippen molar-refractivity contribution < 1.29 is 28.3 Å². The normalized spacial score (nSPS) is 12.5. The zero-order valence-corrected chi connectivity index (χ0v) is 29.0. The highest BCUT2D eigenvalue weighted by atomic mass is 32.2. The lowest BCUT2D eigenvalue weighted by molar-refractivity contribution is -0.114. The van der Waals surface area contributed by atoms with Crippen LogP contribution in [0.5, 0.6) is 0 Å². The summed E-state index contributed by atoms with van der Waals surface area (Å²) in [5, 5.41) is 9.05. The molecule has 0 atom stereocenters. The summed E-state index contributed by atoms with van der Waals surface area (Å²) in [4.78, 5) is 54.2. The molecule has 254 valence electrons. The van der Waals surface area contributed by atoms with Crippen LogP contribution in [-0.4, -0.2) is 36.1 Å². The minimum absolute atomic E-state index is 0.000353. The summed E-state index contributed by atoms with van der Waals surface area (Å²) in [6.45, 7) is 2.03. The number of esters is 1. The van der Waals surface area contributed by atoms with E-state index in [0.717, 1.165) is 46.6 Å². The zero-order chi connectivity index (χ0) is 34.9. The first kappa shape index (κ1) is 34.5. The average molecular weight is 706 g/mol. The number of aryl methyl sites for hydroxylation is 1. The van der Waals surface area contributed by atoms with Crippen LogP contribution < -0.4 is 16.0 Å². The molecule has 1 aliphatic carbocycles. The van der Waals surface area contributed by atoms with Crippen molar-refractivity contribution >= 4 is 63.6 Å². The van der Waals surface area contributed by atoms with Crippen LogP contribution in [-0.2, 0) is 27.2 Å². The first-order chi connectivity index (χ1) is 24.4. The molecule has 2 aromatic heterocycles. The van der Waals surface area contributed by atoms with Gasteiger partial charge < -0.3 is 25.1 Å². The maximum atomic E-state index is 13.5. The molecular weight excluding hydrogens is 671 g/mol. The van der Waals surface area contributed by atoms with Crippen LogP contribution in [0.1, 0.15) is 56.7 Å². The maximum absolute atomic E-state index is 13.5. The molecular formula is C39H35N3O6S2. The fourth-order valence-corrected chi connectivity index (χ4v) is 7.48. The highest BCUT2D eigenvalue weighted by Crippen LogP contribution is 2.39. The SMILES string of the molecule is CCOC(=O)c1c(NC(=O)CSc2ccc(NC(=O)/C(=C\c3ccc(-c4ccccc4)o3)NC(=O)c3ccccc3)cc2)sc2c1CCCC2. The van der Waals surface area contributed by atoms with E-state index in [1.165, 1.54) is 29.2 Å². The Hall–Kier alpha value is -5.39. The summed E-state index contributed by atoms with van der Waals surface area (Å²) in [7, 11) is 0. The van der Waals surface area contributed by atoms with E-state index in [1.807, 2.05) is 30.3 Å². The van der Waals surface area contributed by atoms with Crippen LogP contribution >= 0.6 is 23.1 Å². The van der Waals surface area contributed by atoms with Crippen molar-refractivity contribution in [1.82, 2.24) is 5.32 Å². The van der Waals surface area contributed by atoms with Gasteiger partial charge in [-0.2, -0.15) is 0 Å². The number of anilines is 2. The third-order valence-electron chi connectivity index (χ3n) is 7.89. The number of hydrogen-bond donors (Lipinski definition) is 3. The lowest BCUT2D eigenvalue weighted by atomic mass is 9.95. The molecule has 0 fully saturated rings. The number of rotatable bonds is 12. The zero-order valence-electron chi connectivity index (χ0n) is 27.3. The fraction of sp³-hybridized carbons (Fsp3) is 0.179. The van der Waals surface area contributed by atoms with Gasteiger partial charge in [0, 0.05) is 32.7 Å². The molecule has 50 heavy (non-hydrogen) atoms. The summed E-state index contributed by atoms with van der Waals surface area (Å²) in [6, 6.07) is 28.8. The van der Waals surface area contributed by atoms with Crippen molar-refractivity contribution in [3.05, 3.63) is 130 Å². The number of nitrogens with one attached hydrogen (secondary N) is 3. The van der Waals surface area contributed by atoms with Gasteiger partial charge in [0.1, 0.15) is 22.2 Å².